The molecule has 0 heterocycles. The molecule has 0 spiro atoms. The Balaban J connectivity index is 2.59. The van der Waals surface area contributed by atoms with Crippen LogP contribution >= 0.6 is 0 Å². The molecule has 0 bridgehead atoms. The summed E-state index contributed by atoms with van der Waals surface area (Å²) in [5, 5.41) is 5.57. The normalized spacial score (nSPS) is 20.7. The molecule has 2 N–H and O–H groups in total. The van der Waals surface area contributed by atoms with Crippen molar-refractivity contribution in [3.05, 3.63) is 0 Å². The van der Waals surface area contributed by atoms with E-state index in [1.165, 1.54) is 0 Å². The van der Waals surface area contributed by atoms with E-state index < -0.39 is 0 Å². The minimum Gasteiger partial charge on any atom is -0.345 e. The van der Waals surface area contributed by atoms with Gasteiger partial charge in [0.05, 0.1) is 13.1 Å². The van der Waals surface area contributed by atoms with Crippen molar-refractivity contribution in [3.8, 4) is 23.7 Å². The summed E-state index contributed by atoms with van der Waals surface area (Å²) in [5.74, 6) is 10.5. The first-order valence-electron chi connectivity index (χ1n) is 7.05. The predicted octanol–water partition coefficient (Wildman–Crippen LogP) is 1.07. The smallest absolute Gasteiger partial charge is 0.224 e. The van der Waals surface area contributed by atoms with Gasteiger partial charge in [-0.15, -0.1) is 11.8 Å². The van der Waals surface area contributed by atoms with Crippen LogP contribution in [0.15, 0.2) is 0 Å². The fourth-order valence-electron chi connectivity index (χ4n) is 2.46. The van der Waals surface area contributed by atoms with Crippen molar-refractivity contribution >= 4 is 11.8 Å². The summed E-state index contributed by atoms with van der Waals surface area (Å²) in [4.78, 5) is 24.3. The summed E-state index contributed by atoms with van der Waals surface area (Å²) >= 11 is 0. The molecule has 2 amide bonds. The summed E-state index contributed by atoms with van der Waals surface area (Å²) in [6.45, 7) is 4.17. The Kier molecular flexibility index (Phi) is 7.29. The summed E-state index contributed by atoms with van der Waals surface area (Å²) < 4.78 is 0. The molecule has 0 unspecified atom stereocenters. The molecular formula is C16H22N2O2. The lowest BCUT2D eigenvalue weighted by molar-refractivity contribution is -0.136. The van der Waals surface area contributed by atoms with Crippen LogP contribution in [0.2, 0.25) is 0 Å². The lowest BCUT2D eigenvalue weighted by Crippen LogP contribution is -2.44. The van der Waals surface area contributed by atoms with Crippen molar-refractivity contribution in [1.82, 2.24) is 10.6 Å². The maximum Gasteiger partial charge on any atom is 0.224 e. The molecule has 0 aliphatic heterocycles. The molecule has 108 valence electrons. The van der Waals surface area contributed by atoms with Crippen molar-refractivity contribution in [2.45, 2.75) is 39.5 Å². The Morgan fingerprint density at radius 3 is 1.65 bits per heavy atom. The van der Waals surface area contributed by atoms with E-state index in [-0.39, 0.29) is 23.7 Å². The zero-order chi connectivity index (χ0) is 14.8. The van der Waals surface area contributed by atoms with Gasteiger partial charge in [-0.1, -0.05) is 24.7 Å². The van der Waals surface area contributed by atoms with Crippen LogP contribution in [0, 0.1) is 35.5 Å². The Labute approximate surface area is 121 Å². The average Bonchev–Trinajstić information content (AvgIpc) is 2.47. The van der Waals surface area contributed by atoms with E-state index in [4.69, 9.17) is 0 Å². The van der Waals surface area contributed by atoms with E-state index in [1.807, 2.05) is 0 Å². The molecule has 0 aromatic heterocycles. The van der Waals surface area contributed by atoms with Crippen LogP contribution in [0.5, 0.6) is 0 Å². The van der Waals surface area contributed by atoms with E-state index in [9.17, 15) is 9.59 Å². The summed E-state index contributed by atoms with van der Waals surface area (Å²) in [6.07, 6.45) is 3.53. The van der Waals surface area contributed by atoms with Gasteiger partial charge in [0.25, 0.3) is 0 Å². The monoisotopic (exact) mass is 274 g/mol. The van der Waals surface area contributed by atoms with Gasteiger partial charge in [-0.3, -0.25) is 9.59 Å². The highest BCUT2D eigenvalue weighted by molar-refractivity contribution is 5.88. The van der Waals surface area contributed by atoms with E-state index in [1.54, 1.807) is 13.8 Å². The number of hydrogen-bond acceptors (Lipinski definition) is 2. The van der Waals surface area contributed by atoms with Gasteiger partial charge in [-0.25, -0.2) is 0 Å². The third-order valence-corrected chi connectivity index (χ3v) is 3.50. The topological polar surface area (TPSA) is 58.2 Å². The van der Waals surface area contributed by atoms with Crippen molar-refractivity contribution in [1.29, 1.82) is 0 Å². The second-order valence-electron chi connectivity index (χ2n) is 4.79. The summed E-state index contributed by atoms with van der Waals surface area (Å²) in [6, 6.07) is 0. The maximum absolute atomic E-state index is 12.1. The minimum atomic E-state index is -0.239. The average molecular weight is 274 g/mol. The molecule has 1 fully saturated rings. The minimum absolute atomic E-state index is 0.0609. The standard InChI is InChI=1S/C16H22N2O2/c1-3-5-11-17-15(19)13-9-7-8-10-14(13)16(20)18-12-6-4-2/h13-14H,7-12H2,1-2H3,(H,17,19)(H,18,20)/t13-,14-/m0/s1. The fourth-order valence-corrected chi connectivity index (χ4v) is 2.46. The molecule has 2 atom stereocenters. The van der Waals surface area contributed by atoms with Crippen LogP contribution in [0.4, 0.5) is 0 Å². The van der Waals surface area contributed by atoms with Crippen LogP contribution in [-0.4, -0.2) is 24.9 Å². The molecule has 0 aromatic carbocycles. The highest BCUT2D eigenvalue weighted by Crippen LogP contribution is 2.30. The van der Waals surface area contributed by atoms with Gasteiger partial charge in [0, 0.05) is 11.8 Å². The van der Waals surface area contributed by atoms with Gasteiger partial charge < -0.3 is 10.6 Å². The number of nitrogens with one attached hydrogen (secondary N) is 2. The lowest BCUT2D eigenvalue weighted by atomic mass is 9.78. The fraction of sp³-hybridized carbons (Fsp3) is 0.625. The lowest BCUT2D eigenvalue weighted by Gasteiger charge is -2.29. The van der Waals surface area contributed by atoms with Crippen molar-refractivity contribution < 1.29 is 9.59 Å². The molecule has 4 nitrogen and oxygen atoms in total. The van der Waals surface area contributed by atoms with Crippen LogP contribution in [-0.2, 0) is 9.59 Å². The molecule has 1 aliphatic rings. The summed E-state index contributed by atoms with van der Waals surface area (Å²) in [5.41, 5.74) is 0. The zero-order valence-corrected chi connectivity index (χ0v) is 12.2. The van der Waals surface area contributed by atoms with Crippen LogP contribution in [0.1, 0.15) is 39.5 Å². The van der Waals surface area contributed by atoms with Crippen molar-refractivity contribution in [2.24, 2.45) is 11.8 Å². The summed E-state index contributed by atoms with van der Waals surface area (Å²) in [7, 11) is 0. The Morgan fingerprint density at radius 1 is 0.900 bits per heavy atom. The van der Waals surface area contributed by atoms with Gasteiger partial charge in [0.2, 0.25) is 11.8 Å². The second-order valence-corrected chi connectivity index (χ2v) is 4.79. The van der Waals surface area contributed by atoms with E-state index in [0.717, 1.165) is 25.7 Å². The first kappa shape index (κ1) is 16.1. The second kappa shape index (κ2) is 9.04. The van der Waals surface area contributed by atoms with Gasteiger partial charge in [0.15, 0.2) is 0 Å². The van der Waals surface area contributed by atoms with Crippen LogP contribution in [0.3, 0.4) is 0 Å². The van der Waals surface area contributed by atoms with Gasteiger partial charge in [-0.2, -0.15) is 0 Å². The molecule has 0 saturated heterocycles. The third kappa shape index (κ3) is 4.97. The number of carbonyl (C=O) groups is 2. The molecule has 1 saturated carbocycles. The molecule has 4 heteroatoms. The van der Waals surface area contributed by atoms with Crippen molar-refractivity contribution in [3.63, 3.8) is 0 Å². The van der Waals surface area contributed by atoms with E-state index in [2.05, 4.69) is 34.3 Å². The molecule has 1 aliphatic carbocycles. The van der Waals surface area contributed by atoms with Crippen molar-refractivity contribution in [2.75, 3.05) is 13.1 Å². The first-order valence-corrected chi connectivity index (χ1v) is 7.05. The van der Waals surface area contributed by atoms with E-state index in [0.29, 0.717) is 13.1 Å². The molecular weight excluding hydrogens is 252 g/mol. The Hall–Kier alpha value is -1.94. The number of hydrogen-bond donors (Lipinski definition) is 2. The third-order valence-electron chi connectivity index (χ3n) is 3.50. The van der Waals surface area contributed by atoms with E-state index >= 15 is 0 Å². The largest absolute Gasteiger partial charge is 0.345 e. The van der Waals surface area contributed by atoms with Crippen LogP contribution < -0.4 is 10.6 Å². The highest BCUT2D eigenvalue weighted by atomic mass is 16.2. The molecule has 1 rings (SSSR count). The molecule has 20 heavy (non-hydrogen) atoms. The van der Waals surface area contributed by atoms with Gasteiger partial charge in [-0.05, 0) is 26.7 Å². The first-order chi connectivity index (χ1) is 9.70. The van der Waals surface area contributed by atoms with Gasteiger partial charge >= 0.3 is 0 Å². The zero-order valence-electron chi connectivity index (χ0n) is 12.2. The number of amides is 2. The van der Waals surface area contributed by atoms with Crippen LogP contribution in [0.25, 0.3) is 0 Å². The predicted molar refractivity (Wildman–Crippen MR) is 78.4 cm³/mol. The maximum atomic E-state index is 12.1. The SMILES string of the molecule is CC#CCNC(=O)[C@H]1CCCC[C@@H]1C(=O)NCC#CC. The number of carbonyl (C=O) groups excluding carboxylic acids is 2. The molecule has 0 aromatic rings. The van der Waals surface area contributed by atoms with Gasteiger partial charge in [0.1, 0.15) is 0 Å². The number of rotatable bonds is 4. The highest BCUT2D eigenvalue weighted by Gasteiger charge is 2.35. The molecule has 0 radical (unpaired) electrons. The quantitative estimate of drug-likeness (QED) is 0.754. The Morgan fingerprint density at radius 2 is 1.30 bits per heavy atom. The Bertz CT molecular complexity index is 418.